The van der Waals surface area contributed by atoms with Gasteiger partial charge in [-0.25, -0.2) is 22.8 Å². The monoisotopic (exact) mass is 537 g/mol. The standard InChI is InChI=1S/C28H32FN5O3S/c1-4-33-12-10-20(11-13-33)34-15-23(25-27(30)31-17-32-28(25)34)22-7-5-6-19(26(22)29)16-38(35,36)21-8-9-24(37-3)18(2)14-21/h5-9,14-15,17,20H,4,10-13,16H2,1-3H3,(H2,30,31,32). The Morgan fingerprint density at radius 2 is 1.89 bits per heavy atom. The van der Waals surface area contributed by atoms with Crippen LogP contribution in [0.4, 0.5) is 10.2 Å². The van der Waals surface area contributed by atoms with Crippen LogP contribution in [0, 0.1) is 12.7 Å². The zero-order valence-electron chi connectivity index (χ0n) is 21.8. The van der Waals surface area contributed by atoms with Gasteiger partial charge in [0.1, 0.15) is 29.4 Å². The highest BCUT2D eigenvalue weighted by molar-refractivity contribution is 7.90. The van der Waals surface area contributed by atoms with E-state index in [1.807, 2.05) is 6.20 Å². The molecule has 0 amide bonds. The average molecular weight is 538 g/mol. The van der Waals surface area contributed by atoms with Crippen molar-refractivity contribution >= 4 is 26.7 Å². The summed E-state index contributed by atoms with van der Waals surface area (Å²) >= 11 is 0. The number of aromatic nitrogens is 3. The number of nitrogens with two attached hydrogens (primary N) is 1. The maximum atomic E-state index is 16.0. The molecule has 0 unspecified atom stereocenters. The number of sulfone groups is 1. The van der Waals surface area contributed by atoms with E-state index in [2.05, 4.69) is 26.4 Å². The molecule has 0 saturated carbocycles. The summed E-state index contributed by atoms with van der Waals surface area (Å²) in [5.74, 6) is -0.211. The topological polar surface area (TPSA) is 103 Å². The molecule has 3 heterocycles. The molecule has 1 fully saturated rings. The number of nitrogens with zero attached hydrogens (tertiary/aromatic N) is 4. The number of hydrogen-bond acceptors (Lipinski definition) is 7. The number of fused-ring (bicyclic) bond motifs is 1. The van der Waals surface area contributed by atoms with Crippen LogP contribution in [0.3, 0.4) is 0 Å². The highest BCUT2D eigenvalue weighted by atomic mass is 32.2. The lowest BCUT2D eigenvalue weighted by Gasteiger charge is -2.32. The smallest absolute Gasteiger partial charge is 0.182 e. The van der Waals surface area contributed by atoms with Gasteiger partial charge >= 0.3 is 0 Å². The molecule has 2 aromatic carbocycles. The molecule has 2 N–H and O–H groups in total. The van der Waals surface area contributed by atoms with Gasteiger partial charge in [-0.2, -0.15) is 0 Å². The number of ether oxygens (including phenoxy) is 1. The molecule has 0 atom stereocenters. The second kappa shape index (κ2) is 10.3. The van der Waals surface area contributed by atoms with E-state index in [9.17, 15) is 8.42 Å². The molecule has 5 rings (SSSR count). The highest BCUT2D eigenvalue weighted by Crippen LogP contribution is 2.38. The normalized spacial score (nSPS) is 15.3. The van der Waals surface area contributed by atoms with Crippen LogP contribution in [-0.4, -0.2) is 54.6 Å². The van der Waals surface area contributed by atoms with Crippen LogP contribution in [-0.2, 0) is 15.6 Å². The largest absolute Gasteiger partial charge is 0.496 e. The van der Waals surface area contributed by atoms with Gasteiger partial charge in [-0.3, -0.25) is 0 Å². The van der Waals surface area contributed by atoms with Gasteiger partial charge < -0.3 is 19.9 Å². The van der Waals surface area contributed by atoms with E-state index in [0.29, 0.717) is 27.9 Å². The first-order valence-electron chi connectivity index (χ1n) is 12.7. The Labute approximate surface area is 222 Å². The fraction of sp³-hybridized carbons (Fsp3) is 0.357. The van der Waals surface area contributed by atoms with Crippen molar-refractivity contribution in [2.24, 2.45) is 0 Å². The van der Waals surface area contributed by atoms with Crippen LogP contribution < -0.4 is 10.5 Å². The third-order valence-electron chi connectivity index (χ3n) is 7.48. The quantitative estimate of drug-likeness (QED) is 0.362. The van der Waals surface area contributed by atoms with Gasteiger partial charge in [0, 0.05) is 42.0 Å². The summed E-state index contributed by atoms with van der Waals surface area (Å²) in [5, 5.41) is 0.579. The minimum Gasteiger partial charge on any atom is -0.496 e. The summed E-state index contributed by atoms with van der Waals surface area (Å²) in [7, 11) is -2.28. The number of likely N-dealkylation sites (tertiary alicyclic amines) is 1. The van der Waals surface area contributed by atoms with E-state index in [1.54, 1.807) is 31.2 Å². The summed E-state index contributed by atoms with van der Waals surface area (Å²) < 4.78 is 49.8. The lowest BCUT2D eigenvalue weighted by molar-refractivity contribution is 0.196. The number of piperidine rings is 1. The number of anilines is 1. The number of methoxy groups -OCH3 is 1. The van der Waals surface area contributed by atoms with Crippen molar-refractivity contribution in [1.82, 2.24) is 19.4 Å². The van der Waals surface area contributed by atoms with Crippen LogP contribution in [0.15, 0.2) is 53.8 Å². The molecule has 0 bridgehead atoms. The maximum Gasteiger partial charge on any atom is 0.182 e. The summed E-state index contributed by atoms with van der Waals surface area (Å²) in [4.78, 5) is 11.2. The Hall–Kier alpha value is -3.50. The minimum absolute atomic E-state index is 0.0866. The molecule has 1 saturated heterocycles. The first-order chi connectivity index (χ1) is 18.2. The third-order valence-corrected chi connectivity index (χ3v) is 9.14. The lowest BCUT2D eigenvalue weighted by Crippen LogP contribution is -2.34. The van der Waals surface area contributed by atoms with Gasteiger partial charge in [0.25, 0.3) is 0 Å². The molecule has 0 radical (unpaired) electrons. The van der Waals surface area contributed by atoms with Crippen molar-refractivity contribution in [3.63, 3.8) is 0 Å². The Morgan fingerprint density at radius 3 is 2.58 bits per heavy atom. The number of halogens is 1. The van der Waals surface area contributed by atoms with Crippen LogP contribution in [0.2, 0.25) is 0 Å². The van der Waals surface area contributed by atoms with Crippen molar-refractivity contribution in [2.45, 2.75) is 43.4 Å². The lowest BCUT2D eigenvalue weighted by atomic mass is 10.0. The predicted octanol–water partition coefficient (Wildman–Crippen LogP) is 4.77. The molecule has 1 aliphatic rings. The van der Waals surface area contributed by atoms with E-state index >= 15 is 4.39 Å². The van der Waals surface area contributed by atoms with Crippen molar-refractivity contribution < 1.29 is 17.5 Å². The number of aryl methyl sites for hydroxylation is 1. The van der Waals surface area contributed by atoms with E-state index < -0.39 is 21.4 Å². The molecule has 200 valence electrons. The van der Waals surface area contributed by atoms with Crippen molar-refractivity contribution in [2.75, 3.05) is 32.5 Å². The van der Waals surface area contributed by atoms with Gasteiger partial charge in [0.15, 0.2) is 9.84 Å². The molecule has 10 heteroatoms. The van der Waals surface area contributed by atoms with Crippen LogP contribution >= 0.6 is 0 Å². The number of rotatable bonds is 7. The SMILES string of the molecule is CCN1CCC(n2cc(-c3cccc(CS(=O)(=O)c4ccc(OC)c(C)c4)c3F)c3c(N)ncnc32)CC1. The molecular weight excluding hydrogens is 505 g/mol. The Kier molecular flexibility index (Phi) is 7.11. The third kappa shape index (κ3) is 4.74. The predicted molar refractivity (Wildman–Crippen MR) is 146 cm³/mol. The Morgan fingerprint density at radius 1 is 1.13 bits per heavy atom. The van der Waals surface area contributed by atoms with Gasteiger partial charge in [0.2, 0.25) is 0 Å². The second-order valence-corrected chi connectivity index (χ2v) is 11.7. The molecule has 2 aromatic heterocycles. The zero-order valence-corrected chi connectivity index (χ0v) is 22.6. The zero-order chi connectivity index (χ0) is 27.0. The first kappa shape index (κ1) is 26.1. The van der Waals surface area contributed by atoms with E-state index in [-0.39, 0.29) is 27.9 Å². The molecule has 0 spiro atoms. The van der Waals surface area contributed by atoms with Gasteiger partial charge in [-0.15, -0.1) is 0 Å². The Bertz CT molecular complexity index is 1590. The molecule has 8 nitrogen and oxygen atoms in total. The number of nitrogen functional groups attached to an aromatic ring is 1. The van der Waals surface area contributed by atoms with Gasteiger partial charge in [0.05, 0.1) is 23.1 Å². The number of hydrogen-bond donors (Lipinski definition) is 1. The van der Waals surface area contributed by atoms with Crippen molar-refractivity contribution in [1.29, 1.82) is 0 Å². The first-order valence-corrected chi connectivity index (χ1v) is 14.4. The fourth-order valence-electron chi connectivity index (χ4n) is 5.34. The average Bonchev–Trinajstić information content (AvgIpc) is 3.30. The summed E-state index contributed by atoms with van der Waals surface area (Å²) in [6.07, 6.45) is 5.22. The van der Waals surface area contributed by atoms with E-state index in [1.165, 1.54) is 25.6 Å². The van der Waals surface area contributed by atoms with Gasteiger partial charge in [-0.05, 0) is 50.1 Å². The van der Waals surface area contributed by atoms with Gasteiger partial charge in [-0.1, -0.05) is 25.1 Å². The van der Waals surface area contributed by atoms with Crippen LogP contribution in [0.25, 0.3) is 22.2 Å². The summed E-state index contributed by atoms with van der Waals surface area (Å²) in [6, 6.07) is 9.67. The highest BCUT2D eigenvalue weighted by Gasteiger charge is 2.26. The molecule has 0 aliphatic carbocycles. The minimum atomic E-state index is -3.81. The van der Waals surface area contributed by atoms with Crippen LogP contribution in [0.5, 0.6) is 5.75 Å². The molecule has 1 aliphatic heterocycles. The summed E-state index contributed by atoms with van der Waals surface area (Å²) in [6.45, 7) is 6.89. The fourth-order valence-corrected chi connectivity index (χ4v) is 6.77. The maximum absolute atomic E-state index is 16.0. The van der Waals surface area contributed by atoms with Crippen molar-refractivity contribution in [3.8, 4) is 16.9 Å². The molecular formula is C28H32FN5O3S. The van der Waals surface area contributed by atoms with Crippen LogP contribution in [0.1, 0.15) is 36.9 Å². The van der Waals surface area contributed by atoms with Crippen molar-refractivity contribution in [3.05, 3.63) is 65.9 Å². The molecule has 38 heavy (non-hydrogen) atoms. The number of benzene rings is 2. The van der Waals surface area contributed by atoms with E-state index in [0.717, 1.165) is 32.5 Å². The second-order valence-electron chi connectivity index (χ2n) is 9.74. The van der Waals surface area contributed by atoms with E-state index in [4.69, 9.17) is 10.5 Å². The Balaban J connectivity index is 1.54. The molecule has 4 aromatic rings. The summed E-state index contributed by atoms with van der Waals surface area (Å²) in [5.41, 5.74) is 8.56.